The van der Waals surface area contributed by atoms with Gasteiger partial charge in [-0.15, -0.1) is 0 Å². The topological polar surface area (TPSA) is 37.3 Å². The Kier molecular flexibility index (Phi) is 4.32. The zero-order valence-corrected chi connectivity index (χ0v) is 6.05. The number of hydrogen-bond donors (Lipinski definition) is 1. The van der Waals surface area contributed by atoms with E-state index in [9.17, 15) is 4.79 Å². The van der Waals surface area contributed by atoms with Crippen LogP contribution in [0.4, 0.5) is 0 Å². The normalized spacial score (nSPS) is 13.2. The summed E-state index contributed by atoms with van der Waals surface area (Å²) in [4.78, 5) is 10.6. The lowest BCUT2D eigenvalue weighted by Crippen LogP contribution is -2.10. The summed E-state index contributed by atoms with van der Waals surface area (Å²) in [5, 5.41) is 8.94. The molecule has 0 amide bonds. The van der Waals surface area contributed by atoms with Gasteiger partial charge >= 0.3 is 0 Å². The van der Waals surface area contributed by atoms with Gasteiger partial charge in [0, 0.05) is 12.8 Å². The van der Waals surface area contributed by atoms with Gasteiger partial charge in [0.1, 0.15) is 5.78 Å². The number of rotatable bonds is 4. The molecule has 0 heterocycles. The van der Waals surface area contributed by atoms with Crippen LogP contribution in [-0.2, 0) is 4.79 Å². The Balaban J connectivity index is 3.34. The highest BCUT2D eigenvalue weighted by Gasteiger charge is 2.05. The standard InChI is InChI=1S/C7H14O2/c1-3-6(8)5-7(9)4-2/h6,8H,3-5H2,1-2H3/t6-/m1/s1. The van der Waals surface area contributed by atoms with E-state index in [1.807, 2.05) is 13.8 Å². The van der Waals surface area contributed by atoms with Crippen LogP contribution in [0.25, 0.3) is 0 Å². The van der Waals surface area contributed by atoms with Gasteiger partial charge in [-0.25, -0.2) is 0 Å². The van der Waals surface area contributed by atoms with Crippen LogP contribution < -0.4 is 0 Å². The summed E-state index contributed by atoms with van der Waals surface area (Å²) in [7, 11) is 0. The first-order chi connectivity index (χ1) is 4.20. The Bertz CT molecular complexity index is 88.9. The van der Waals surface area contributed by atoms with Crippen LogP contribution in [0, 0.1) is 0 Å². The van der Waals surface area contributed by atoms with Crippen molar-refractivity contribution < 1.29 is 9.90 Å². The number of hydrogen-bond acceptors (Lipinski definition) is 2. The molecule has 54 valence electrons. The second-order valence-electron chi connectivity index (χ2n) is 2.16. The Labute approximate surface area is 55.9 Å². The molecule has 9 heavy (non-hydrogen) atoms. The molecule has 0 saturated carbocycles. The molecule has 0 spiro atoms. The second-order valence-corrected chi connectivity index (χ2v) is 2.16. The molecule has 0 bridgehead atoms. The number of aliphatic hydroxyl groups is 1. The molecule has 2 nitrogen and oxygen atoms in total. The van der Waals surface area contributed by atoms with E-state index in [2.05, 4.69) is 0 Å². The Hall–Kier alpha value is -0.370. The second kappa shape index (κ2) is 4.50. The molecule has 0 rings (SSSR count). The molecule has 1 N–H and O–H groups in total. The van der Waals surface area contributed by atoms with Crippen molar-refractivity contribution in [1.82, 2.24) is 0 Å². The summed E-state index contributed by atoms with van der Waals surface area (Å²) in [5.41, 5.74) is 0. The minimum absolute atomic E-state index is 0.143. The van der Waals surface area contributed by atoms with E-state index in [-0.39, 0.29) is 5.78 Å². The lowest BCUT2D eigenvalue weighted by Gasteiger charge is -2.03. The molecule has 0 aromatic rings. The summed E-state index contributed by atoms with van der Waals surface area (Å²) in [6.45, 7) is 3.68. The molecule has 0 aromatic carbocycles. The number of aliphatic hydroxyl groups excluding tert-OH is 1. The van der Waals surface area contributed by atoms with Crippen LogP contribution in [0.1, 0.15) is 33.1 Å². The molecule has 0 aliphatic carbocycles. The van der Waals surface area contributed by atoms with Gasteiger partial charge in [0.25, 0.3) is 0 Å². The third-order valence-corrected chi connectivity index (χ3v) is 1.33. The molecular formula is C7H14O2. The smallest absolute Gasteiger partial charge is 0.135 e. The molecule has 0 saturated heterocycles. The van der Waals surface area contributed by atoms with E-state index < -0.39 is 6.10 Å². The van der Waals surface area contributed by atoms with Gasteiger partial charge in [-0.2, -0.15) is 0 Å². The van der Waals surface area contributed by atoms with Crippen molar-refractivity contribution in [3.05, 3.63) is 0 Å². The van der Waals surface area contributed by atoms with E-state index in [0.717, 1.165) is 0 Å². The largest absolute Gasteiger partial charge is 0.393 e. The summed E-state index contributed by atoms with van der Waals surface area (Å²) >= 11 is 0. The Morgan fingerprint density at radius 2 is 2.11 bits per heavy atom. The molecule has 0 fully saturated rings. The summed E-state index contributed by atoms with van der Waals surface area (Å²) in [5.74, 6) is 0.143. The van der Waals surface area contributed by atoms with E-state index >= 15 is 0 Å². The minimum Gasteiger partial charge on any atom is -0.393 e. The van der Waals surface area contributed by atoms with E-state index in [4.69, 9.17) is 5.11 Å². The average molecular weight is 130 g/mol. The monoisotopic (exact) mass is 130 g/mol. The first kappa shape index (κ1) is 8.63. The van der Waals surface area contributed by atoms with Gasteiger partial charge in [0.15, 0.2) is 0 Å². The zero-order valence-electron chi connectivity index (χ0n) is 6.05. The molecule has 1 atom stereocenters. The fraction of sp³-hybridized carbons (Fsp3) is 0.857. The molecule has 2 heteroatoms. The third kappa shape index (κ3) is 4.15. The lowest BCUT2D eigenvalue weighted by atomic mass is 10.1. The number of carbonyl (C=O) groups excluding carboxylic acids is 1. The van der Waals surface area contributed by atoms with Gasteiger partial charge in [-0.05, 0) is 6.42 Å². The van der Waals surface area contributed by atoms with Crippen LogP contribution >= 0.6 is 0 Å². The van der Waals surface area contributed by atoms with Crippen molar-refractivity contribution in [2.24, 2.45) is 0 Å². The van der Waals surface area contributed by atoms with Crippen molar-refractivity contribution in [2.75, 3.05) is 0 Å². The highest BCUT2D eigenvalue weighted by atomic mass is 16.3. The Morgan fingerprint density at radius 1 is 1.56 bits per heavy atom. The van der Waals surface area contributed by atoms with Crippen molar-refractivity contribution in [3.8, 4) is 0 Å². The maximum atomic E-state index is 10.6. The third-order valence-electron chi connectivity index (χ3n) is 1.33. The molecule has 0 aromatic heterocycles. The van der Waals surface area contributed by atoms with E-state index in [1.165, 1.54) is 0 Å². The number of Topliss-reactive ketones (excluding diaryl/α,β-unsaturated/α-hetero) is 1. The minimum atomic E-state index is -0.419. The average Bonchev–Trinajstić information content (AvgIpc) is 1.87. The van der Waals surface area contributed by atoms with Crippen LogP contribution in [-0.4, -0.2) is 17.0 Å². The predicted octanol–water partition coefficient (Wildman–Crippen LogP) is 1.13. The molecular weight excluding hydrogens is 116 g/mol. The SMILES string of the molecule is CCC(=O)C[C@H](O)CC. The van der Waals surface area contributed by atoms with Crippen molar-refractivity contribution in [2.45, 2.75) is 39.2 Å². The van der Waals surface area contributed by atoms with Crippen LogP contribution in [0.15, 0.2) is 0 Å². The van der Waals surface area contributed by atoms with Crippen LogP contribution in [0.3, 0.4) is 0 Å². The fourth-order valence-corrected chi connectivity index (χ4v) is 0.551. The van der Waals surface area contributed by atoms with E-state index in [1.54, 1.807) is 0 Å². The van der Waals surface area contributed by atoms with Crippen LogP contribution in [0.2, 0.25) is 0 Å². The Morgan fingerprint density at radius 3 is 2.44 bits per heavy atom. The number of ketones is 1. The summed E-state index contributed by atoms with van der Waals surface area (Å²) < 4.78 is 0. The molecule has 0 aliphatic heterocycles. The molecule has 0 radical (unpaired) electrons. The summed E-state index contributed by atoms with van der Waals surface area (Å²) in [6, 6.07) is 0. The predicted molar refractivity (Wildman–Crippen MR) is 36.2 cm³/mol. The van der Waals surface area contributed by atoms with Crippen LogP contribution in [0.5, 0.6) is 0 Å². The maximum absolute atomic E-state index is 10.6. The van der Waals surface area contributed by atoms with Crippen molar-refractivity contribution in [3.63, 3.8) is 0 Å². The van der Waals surface area contributed by atoms with E-state index in [0.29, 0.717) is 19.3 Å². The first-order valence-electron chi connectivity index (χ1n) is 3.40. The molecule has 0 aliphatic rings. The first-order valence-corrected chi connectivity index (χ1v) is 3.40. The maximum Gasteiger partial charge on any atom is 0.135 e. The highest BCUT2D eigenvalue weighted by molar-refractivity contribution is 5.78. The van der Waals surface area contributed by atoms with Gasteiger partial charge in [0.05, 0.1) is 6.10 Å². The van der Waals surface area contributed by atoms with Gasteiger partial charge in [-0.3, -0.25) is 4.79 Å². The summed E-state index contributed by atoms with van der Waals surface area (Å²) in [6.07, 6.45) is 1.12. The van der Waals surface area contributed by atoms with Gasteiger partial charge < -0.3 is 5.11 Å². The highest BCUT2D eigenvalue weighted by Crippen LogP contribution is 1.98. The lowest BCUT2D eigenvalue weighted by molar-refractivity contribution is -0.120. The number of carbonyl (C=O) groups is 1. The fourth-order valence-electron chi connectivity index (χ4n) is 0.551. The quantitative estimate of drug-likeness (QED) is 0.619. The van der Waals surface area contributed by atoms with Crippen molar-refractivity contribution >= 4 is 5.78 Å². The van der Waals surface area contributed by atoms with Crippen molar-refractivity contribution in [1.29, 1.82) is 0 Å². The van der Waals surface area contributed by atoms with Gasteiger partial charge in [0.2, 0.25) is 0 Å². The molecule has 0 unspecified atom stereocenters. The van der Waals surface area contributed by atoms with Gasteiger partial charge in [-0.1, -0.05) is 13.8 Å². The zero-order chi connectivity index (χ0) is 7.28.